The standard InChI is InChI=1S/C10H16N2O/c1-10(2,13)9-6-8(7-11-3)4-5-12-9/h4-6,11,13H,7H2,1-3H3. The zero-order valence-electron chi connectivity index (χ0n) is 8.33. The van der Waals surface area contributed by atoms with E-state index in [0.717, 1.165) is 12.1 Å². The fourth-order valence-corrected chi connectivity index (χ4v) is 1.12. The van der Waals surface area contributed by atoms with Gasteiger partial charge in [-0.25, -0.2) is 0 Å². The molecular formula is C10H16N2O. The van der Waals surface area contributed by atoms with E-state index < -0.39 is 5.60 Å². The Labute approximate surface area is 78.8 Å². The van der Waals surface area contributed by atoms with E-state index in [2.05, 4.69) is 10.3 Å². The second-order valence-electron chi connectivity index (χ2n) is 3.64. The minimum Gasteiger partial charge on any atom is -0.384 e. The maximum absolute atomic E-state index is 9.70. The molecule has 0 saturated heterocycles. The monoisotopic (exact) mass is 180 g/mol. The van der Waals surface area contributed by atoms with Gasteiger partial charge in [0, 0.05) is 12.7 Å². The molecule has 3 nitrogen and oxygen atoms in total. The Morgan fingerprint density at radius 1 is 1.54 bits per heavy atom. The summed E-state index contributed by atoms with van der Waals surface area (Å²) in [5, 5.41) is 12.8. The summed E-state index contributed by atoms with van der Waals surface area (Å²) in [6, 6.07) is 3.85. The molecule has 0 aliphatic heterocycles. The number of nitrogens with zero attached hydrogens (tertiary/aromatic N) is 1. The van der Waals surface area contributed by atoms with Crippen LogP contribution in [-0.4, -0.2) is 17.1 Å². The lowest BCUT2D eigenvalue weighted by atomic mass is 10.0. The average Bonchev–Trinajstić information content (AvgIpc) is 2.04. The third-order valence-corrected chi connectivity index (χ3v) is 1.83. The second-order valence-corrected chi connectivity index (χ2v) is 3.64. The molecule has 3 heteroatoms. The van der Waals surface area contributed by atoms with Crippen molar-refractivity contribution in [1.29, 1.82) is 0 Å². The Morgan fingerprint density at radius 2 is 2.23 bits per heavy atom. The van der Waals surface area contributed by atoms with Crippen LogP contribution in [0.4, 0.5) is 0 Å². The van der Waals surface area contributed by atoms with E-state index in [1.165, 1.54) is 0 Å². The maximum Gasteiger partial charge on any atom is 0.101 e. The molecule has 0 saturated carbocycles. The van der Waals surface area contributed by atoms with Gasteiger partial charge in [-0.15, -0.1) is 0 Å². The van der Waals surface area contributed by atoms with E-state index in [4.69, 9.17) is 0 Å². The van der Waals surface area contributed by atoms with Gasteiger partial charge in [-0.3, -0.25) is 4.98 Å². The summed E-state index contributed by atoms with van der Waals surface area (Å²) in [5.41, 5.74) is 0.985. The van der Waals surface area contributed by atoms with Gasteiger partial charge in [0.15, 0.2) is 0 Å². The van der Waals surface area contributed by atoms with Crippen LogP contribution >= 0.6 is 0 Å². The largest absolute Gasteiger partial charge is 0.384 e. The highest BCUT2D eigenvalue weighted by Gasteiger charge is 2.17. The third-order valence-electron chi connectivity index (χ3n) is 1.83. The van der Waals surface area contributed by atoms with Crippen LogP contribution in [0.5, 0.6) is 0 Å². The Morgan fingerprint density at radius 3 is 2.77 bits per heavy atom. The quantitative estimate of drug-likeness (QED) is 0.730. The number of nitrogens with one attached hydrogen (secondary N) is 1. The molecule has 1 rings (SSSR count). The van der Waals surface area contributed by atoms with Crippen LogP contribution in [0.15, 0.2) is 18.3 Å². The fraction of sp³-hybridized carbons (Fsp3) is 0.500. The first-order chi connectivity index (χ1) is 6.04. The molecule has 1 aromatic rings. The number of aromatic nitrogens is 1. The smallest absolute Gasteiger partial charge is 0.101 e. The van der Waals surface area contributed by atoms with E-state index in [-0.39, 0.29) is 0 Å². The zero-order valence-corrected chi connectivity index (χ0v) is 8.33. The SMILES string of the molecule is CNCc1ccnc(C(C)(C)O)c1. The first-order valence-corrected chi connectivity index (χ1v) is 4.36. The highest BCUT2D eigenvalue weighted by molar-refractivity contribution is 5.19. The van der Waals surface area contributed by atoms with Crippen molar-refractivity contribution in [3.05, 3.63) is 29.6 Å². The average molecular weight is 180 g/mol. The van der Waals surface area contributed by atoms with Gasteiger partial charge in [0.2, 0.25) is 0 Å². The molecule has 0 radical (unpaired) electrons. The van der Waals surface area contributed by atoms with E-state index in [9.17, 15) is 5.11 Å². The maximum atomic E-state index is 9.70. The first-order valence-electron chi connectivity index (χ1n) is 4.36. The third kappa shape index (κ3) is 2.79. The van der Waals surface area contributed by atoms with E-state index in [1.807, 2.05) is 19.2 Å². The lowest BCUT2D eigenvalue weighted by molar-refractivity contribution is 0.0737. The molecular weight excluding hydrogens is 164 g/mol. The number of hydrogen-bond donors (Lipinski definition) is 2. The number of hydrogen-bond acceptors (Lipinski definition) is 3. The van der Waals surface area contributed by atoms with Gasteiger partial charge in [-0.2, -0.15) is 0 Å². The molecule has 1 heterocycles. The first kappa shape index (κ1) is 10.2. The highest BCUT2D eigenvalue weighted by atomic mass is 16.3. The summed E-state index contributed by atoms with van der Waals surface area (Å²) in [6.45, 7) is 4.27. The number of aliphatic hydroxyl groups is 1. The Balaban J connectivity index is 2.92. The van der Waals surface area contributed by atoms with Crippen molar-refractivity contribution < 1.29 is 5.11 Å². The molecule has 72 valence electrons. The number of pyridine rings is 1. The molecule has 0 atom stereocenters. The van der Waals surface area contributed by atoms with Gasteiger partial charge in [-0.05, 0) is 38.6 Å². The van der Waals surface area contributed by atoms with Crippen LogP contribution < -0.4 is 5.32 Å². The Hall–Kier alpha value is -0.930. The lowest BCUT2D eigenvalue weighted by Gasteiger charge is -2.16. The van der Waals surface area contributed by atoms with E-state index >= 15 is 0 Å². The second kappa shape index (κ2) is 3.85. The van der Waals surface area contributed by atoms with Crippen LogP contribution in [0.1, 0.15) is 25.1 Å². The molecule has 0 bridgehead atoms. The summed E-state index contributed by atoms with van der Waals surface area (Å²) in [6.07, 6.45) is 1.72. The van der Waals surface area contributed by atoms with Crippen molar-refractivity contribution in [2.45, 2.75) is 26.0 Å². The predicted octanol–water partition coefficient (Wildman–Crippen LogP) is 1.03. The zero-order chi connectivity index (χ0) is 9.90. The molecule has 0 aromatic carbocycles. The summed E-state index contributed by atoms with van der Waals surface area (Å²) >= 11 is 0. The van der Waals surface area contributed by atoms with Gasteiger partial charge in [0.1, 0.15) is 5.60 Å². The van der Waals surface area contributed by atoms with Gasteiger partial charge >= 0.3 is 0 Å². The van der Waals surface area contributed by atoms with Crippen molar-refractivity contribution in [2.24, 2.45) is 0 Å². The molecule has 0 fully saturated rings. The van der Waals surface area contributed by atoms with Crippen molar-refractivity contribution in [3.8, 4) is 0 Å². The molecule has 0 unspecified atom stereocenters. The fourth-order valence-electron chi connectivity index (χ4n) is 1.12. The molecule has 0 amide bonds. The van der Waals surface area contributed by atoms with E-state index in [0.29, 0.717) is 5.69 Å². The van der Waals surface area contributed by atoms with Crippen LogP contribution in [-0.2, 0) is 12.1 Å². The number of rotatable bonds is 3. The minimum atomic E-state index is -0.857. The van der Waals surface area contributed by atoms with Gasteiger partial charge < -0.3 is 10.4 Å². The van der Waals surface area contributed by atoms with Crippen LogP contribution in [0.25, 0.3) is 0 Å². The molecule has 2 N–H and O–H groups in total. The van der Waals surface area contributed by atoms with Gasteiger partial charge in [0.25, 0.3) is 0 Å². The van der Waals surface area contributed by atoms with Gasteiger partial charge in [0.05, 0.1) is 5.69 Å². The molecule has 1 aromatic heterocycles. The minimum absolute atomic E-state index is 0.709. The molecule has 0 spiro atoms. The van der Waals surface area contributed by atoms with Crippen LogP contribution in [0.2, 0.25) is 0 Å². The Kier molecular flexibility index (Phi) is 3.01. The van der Waals surface area contributed by atoms with Crippen molar-refractivity contribution >= 4 is 0 Å². The van der Waals surface area contributed by atoms with E-state index in [1.54, 1.807) is 20.0 Å². The molecule has 13 heavy (non-hydrogen) atoms. The summed E-state index contributed by atoms with van der Waals surface area (Å²) < 4.78 is 0. The molecule has 0 aliphatic rings. The predicted molar refractivity (Wildman–Crippen MR) is 52.2 cm³/mol. The van der Waals surface area contributed by atoms with Crippen LogP contribution in [0.3, 0.4) is 0 Å². The molecule has 0 aliphatic carbocycles. The summed E-state index contributed by atoms with van der Waals surface area (Å²) in [5.74, 6) is 0. The van der Waals surface area contributed by atoms with Crippen LogP contribution in [0, 0.1) is 0 Å². The topological polar surface area (TPSA) is 45.2 Å². The van der Waals surface area contributed by atoms with Gasteiger partial charge in [-0.1, -0.05) is 0 Å². The van der Waals surface area contributed by atoms with Crippen molar-refractivity contribution in [3.63, 3.8) is 0 Å². The Bertz CT molecular complexity index is 278. The highest BCUT2D eigenvalue weighted by Crippen LogP contribution is 2.17. The normalized spacial score (nSPS) is 11.7. The summed E-state index contributed by atoms with van der Waals surface area (Å²) in [4.78, 5) is 4.12. The summed E-state index contributed by atoms with van der Waals surface area (Å²) in [7, 11) is 1.89. The van der Waals surface area contributed by atoms with Crippen molar-refractivity contribution in [1.82, 2.24) is 10.3 Å². The van der Waals surface area contributed by atoms with Crippen molar-refractivity contribution in [2.75, 3.05) is 7.05 Å². The lowest BCUT2D eigenvalue weighted by Crippen LogP contribution is -2.18.